The third-order valence-electron chi connectivity index (χ3n) is 5.11. The first-order valence-corrected chi connectivity index (χ1v) is 9.78. The van der Waals surface area contributed by atoms with Crippen molar-refractivity contribution < 1.29 is 23.5 Å². The number of Topliss-reactive ketones (excluding diaryl/α,β-unsaturated/α-hetero) is 1. The highest BCUT2D eigenvalue weighted by Crippen LogP contribution is 2.21. The van der Waals surface area contributed by atoms with Crippen LogP contribution in [0.1, 0.15) is 41.1 Å². The van der Waals surface area contributed by atoms with E-state index in [1.165, 1.54) is 4.57 Å². The van der Waals surface area contributed by atoms with Crippen molar-refractivity contribution in [1.82, 2.24) is 9.13 Å². The van der Waals surface area contributed by atoms with Crippen molar-refractivity contribution in [3.63, 3.8) is 0 Å². The van der Waals surface area contributed by atoms with Crippen LogP contribution in [-0.4, -0.2) is 41.2 Å². The number of benzene rings is 1. The lowest BCUT2D eigenvalue weighted by atomic mass is 10.1. The molecular formula is C22H26N2O6. The first kappa shape index (κ1) is 21.6. The predicted molar refractivity (Wildman–Crippen MR) is 111 cm³/mol. The Morgan fingerprint density at radius 2 is 1.93 bits per heavy atom. The Bertz CT molecular complexity index is 1120. The van der Waals surface area contributed by atoms with Gasteiger partial charge in [-0.25, -0.2) is 4.79 Å². The highest BCUT2D eigenvalue weighted by atomic mass is 16.5. The second kappa shape index (κ2) is 9.13. The molecule has 160 valence electrons. The SMILES string of the molecule is COCC(C)n1c(C)cc(C(=O)COC(=O)CCn2c(=O)oc3ccccc32)c1C. The Hall–Kier alpha value is -3.13. The lowest BCUT2D eigenvalue weighted by Gasteiger charge is -2.17. The molecule has 3 aromatic rings. The van der Waals surface area contributed by atoms with Crippen LogP contribution in [0.2, 0.25) is 0 Å². The van der Waals surface area contributed by atoms with E-state index in [2.05, 4.69) is 0 Å². The molecule has 0 aliphatic rings. The van der Waals surface area contributed by atoms with Crippen molar-refractivity contribution in [2.45, 2.75) is 39.8 Å². The monoisotopic (exact) mass is 414 g/mol. The lowest BCUT2D eigenvalue weighted by molar-refractivity contribution is -0.142. The molecule has 0 aliphatic heterocycles. The van der Waals surface area contributed by atoms with E-state index in [1.54, 1.807) is 37.4 Å². The van der Waals surface area contributed by atoms with Gasteiger partial charge in [0.05, 0.1) is 24.6 Å². The van der Waals surface area contributed by atoms with Crippen LogP contribution < -0.4 is 5.76 Å². The number of aromatic nitrogens is 2. The van der Waals surface area contributed by atoms with Gasteiger partial charge < -0.3 is 18.5 Å². The minimum Gasteiger partial charge on any atom is -0.457 e. The van der Waals surface area contributed by atoms with Gasteiger partial charge in [-0.2, -0.15) is 0 Å². The fraction of sp³-hybridized carbons (Fsp3) is 0.409. The number of carbonyl (C=O) groups is 2. The molecule has 0 amide bonds. The summed E-state index contributed by atoms with van der Waals surface area (Å²) in [7, 11) is 1.64. The smallest absolute Gasteiger partial charge is 0.419 e. The van der Waals surface area contributed by atoms with Crippen LogP contribution in [0.3, 0.4) is 0 Å². The first-order valence-electron chi connectivity index (χ1n) is 9.78. The zero-order chi connectivity index (χ0) is 21.8. The molecule has 8 nitrogen and oxygen atoms in total. The average Bonchev–Trinajstić information content (AvgIpc) is 3.19. The average molecular weight is 414 g/mol. The maximum absolute atomic E-state index is 12.6. The van der Waals surface area contributed by atoms with Gasteiger partial charge in [0.25, 0.3) is 0 Å². The number of fused-ring (bicyclic) bond motifs is 1. The van der Waals surface area contributed by atoms with Gasteiger partial charge in [-0.05, 0) is 39.0 Å². The van der Waals surface area contributed by atoms with E-state index in [1.807, 2.05) is 25.3 Å². The summed E-state index contributed by atoms with van der Waals surface area (Å²) in [6, 6.07) is 8.87. The van der Waals surface area contributed by atoms with Crippen molar-refractivity contribution in [3.05, 3.63) is 57.8 Å². The third-order valence-corrected chi connectivity index (χ3v) is 5.11. The topological polar surface area (TPSA) is 92.7 Å². The maximum atomic E-state index is 12.6. The molecule has 1 atom stereocenters. The van der Waals surface area contributed by atoms with Crippen molar-refractivity contribution in [1.29, 1.82) is 0 Å². The van der Waals surface area contributed by atoms with Gasteiger partial charge in [-0.15, -0.1) is 0 Å². The quantitative estimate of drug-likeness (QED) is 0.395. The van der Waals surface area contributed by atoms with Crippen molar-refractivity contribution >= 4 is 22.9 Å². The van der Waals surface area contributed by atoms with E-state index in [4.69, 9.17) is 13.9 Å². The molecule has 0 aliphatic carbocycles. The van der Waals surface area contributed by atoms with E-state index in [-0.39, 0.29) is 31.4 Å². The summed E-state index contributed by atoms with van der Waals surface area (Å²) >= 11 is 0. The van der Waals surface area contributed by atoms with E-state index in [0.717, 1.165) is 11.4 Å². The first-order chi connectivity index (χ1) is 14.3. The molecule has 8 heteroatoms. The number of methoxy groups -OCH3 is 1. The van der Waals surface area contributed by atoms with Crippen LogP contribution in [0.25, 0.3) is 11.1 Å². The van der Waals surface area contributed by atoms with Gasteiger partial charge in [-0.3, -0.25) is 14.2 Å². The summed E-state index contributed by atoms with van der Waals surface area (Å²) in [4.78, 5) is 36.7. The number of esters is 1. The zero-order valence-corrected chi connectivity index (χ0v) is 17.6. The number of aryl methyl sites for hydroxylation is 2. The minimum absolute atomic E-state index is 0.0411. The Balaban J connectivity index is 1.60. The van der Waals surface area contributed by atoms with Crippen LogP contribution >= 0.6 is 0 Å². The normalized spacial score (nSPS) is 12.3. The highest BCUT2D eigenvalue weighted by molar-refractivity contribution is 5.99. The van der Waals surface area contributed by atoms with Crippen LogP contribution in [0, 0.1) is 13.8 Å². The Morgan fingerprint density at radius 3 is 2.67 bits per heavy atom. The van der Waals surface area contributed by atoms with Crippen molar-refractivity contribution in [3.8, 4) is 0 Å². The van der Waals surface area contributed by atoms with Gasteiger partial charge in [0.15, 0.2) is 12.2 Å². The van der Waals surface area contributed by atoms with Gasteiger partial charge >= 0.3 is 11.7 Å². The summed E-state index contributed by atoms with van der Waals surface area (Å²) in [6.45, 7) is 6.11. The Labute approximate surface area is 174 Å². The molecule has 1 aromatic carbocycles. The van der Waals surface area contributed by atoms with Crippen LogP contribution in [-0.2, 0) is 20.8 Å². The van der Waals surface area contributed by atoms with Crippen LogP contribution in [0.5, 0.6) is 0 Å². The predicted octanol–water partition coefficient (Wildman–Crippen LogP) is 3.04. The number of oxazole rings is 1. The molecule has 2 aromatic heterocycles. The molecule has 0 saturated carbocycles. The van der Waals surface area contributed by atoms with Gasteiger partial charge in [0.2, 0.25) is 5.78 Å². The Kier molecular flexibility index (Phi) is 6.56. The van der Waals surface area contributed by atoms with E-state index in [9.17, 15) is 14.4 Å². The molecule has 0 fully saturated rings. The molecule has 30 heavy (non-hydrogen) atoms. The third kappa shape index (κ3) is 4.38. The fourth-order valence-corrected chi connectivity index (χ4v) is 3.78. The molecule has 1 unspecified atom stereocenters. The number of ether oxygens (including phenoxy) is 2. The summed E-state index contributed by atoms with van der Waals surface area (Å²) in [5.41, 5.74) is 3.36. The summed E-state index contributed by atoms with van der Waals surface area (Å²) in [5.74, 6) is -1.35. The number of rotatable bonds is 9. The van der Waals surface area contributed by atoms with Crippen molar-refractivity contribution in [2.24, 2.45) is 0 Å². The lowest BCUT2D eigenvalue weighted by Crippen LogP contribution is -2.20. The second-order valence-corrected chi connectivity index (χ2v) is 7.28. The second-order valence-electron chi connectivity index (χ2n) is 7.28. The summed E-state index contributed by atoms with van der Waals surface area (Å²) in [6.07, 6.45) is -0.0411. The highest BCUT2D eigenvalue weighted by Gasteiger charge is 2.20. The summed E-state index contributed by atoms with van der Waals surface area (Å²) in [5, 5.41) is 0. The maximum Gasteiger partial charge on any atom is 0.419 e. The standard InChI is InChI=1S/C22H26N2O6/c1-14-11-17(16(3)24(14)15(2)12-28-4)19(25)13-29-21(26)9-10-23-18-7-5-6-8-20(18)30-22(23)27/h5-8,11,15H,9-10,12-13H2,1-4H3. The molecule has 0 N–H and O–H groups in total. The number of carbonyl (C=O) groups excluding carboxylic acids is 2. The van der Waals surface area contributed by atoms with Crippen LogP contribution in [0.15, 0.2) is 39.5 Å². The summed E-state index contributed by atoms with van der Waals surface area (Å²) < 4.78 is 18.9. The molecule has 0 spiro atoms. The fourth-order valence-electron chi connectivity index (χ4n) is 3.78. The van der Waals surface area contributed by atoms with Gasteiger partial charge in [0, 0.05) is 30.6 Å². The largest absolute Gasteiger partial charge is 0.457 e. The number of hydrogen-bond acceptors (Lipinski definition) is 6. The number of para-hydroxylation sites is 2. The molecule has 3 rings (SSSR count). The van der Waals surface area contributed by atoms with Gasteiger partial charge in [-0.1, -0.05) is 12.1 Å². The molecular weight excluding hydrogens is 388 g/mol. The number of hydrogen-bond donors (Lipinski definition) is 0. The number of nitrogens with zero attached hydrogens (tertiary/aromatic N) is 2. The van der Waals surface area contributed by atoms with Gasteiger partial charge in [0.1, 0.15) is 0 Å². The molecule has 0 radical (unpaired) electrons. The molecule has 0 saturated heterocycles. The van der Waals surface area contributed by atoms with E-state index < -0.39 is 11.7 Å². The zero-order valence-electron chi connectivity index (χ0n) is 17.6. The molecule has 0 bridgehead atoms. The minimum atomic E-state index is -0.554. The van der Waals surface area contributed by atoms with E-state index >= 15 is 0 Å². The van der Waals surface area contributed by atoms with Crippen LogP contribution in [0.4, 0.5) is 0 Å². The van der Waals surface area contributed by atoms with Crippen molar-refractivity contribution in [2.75, 3.05) is 20.3 Å². The molecule has 2 heterocycles. The number of ketones is 1. The Morgan fingerprint density at radius 1 is 1.20 bits per heavy atom. The van der Waals surface area contributed by atoms with E-state index in [0.29, 0.717) is 23.3 Å².